The lowest BCUT2D eigenvalue weighted by atomic mass is 10.1. The van der Waals surface area contributed by atoms with Crippen LogP contribution in [0.15, 0.2) is 23.6 Å². The first-order valence-electron chi connectivity index (χ1n) is 4.29. The van der Waals surface area contributed by atoms with E-state index < -0.39 is 0 Å². The molecule has 4 nitrogen and oxygen atoms in total. The predicted molar refractivity (Wildman–Crippen MR) is 49.8 cm³/mol. The highest BCUT2D eigenvalue weighted by molar-refractivity contribution is 5.96. The molecule has 0 bridgehead atoms. The van der Waals surface area contributed by atoms with E-state index in [0.29, 0.717) is 30.2 Å². The molecule has 0 saturated heterocycles. The first-order valence-corrected chi connectivity index (χ1v) is 4.29. The van der Waals surface area contributed by atoms with Crippen molar-refractivity contribution < 1.29 is 9.53 Å². The summed E-state index contributed by atoms with van der Waals surface area (Å²) in [6, 6.07) is 0. The molecule has 0 radical (unpaired) electrons. The van der Waals surface area contributed by atoms with Gasteiger partial charge in [0.2, 0.25) is 5.76 Å². The Morgan fingerprint density at radius 3 is 3.08 bits per heavy atom. The van der Waals surface area contributed by atoms with Gasteiger partial charge in [-0.1, -0.05) is 6.92 Å². The van der Waals surface area contributed by atoms with E-state index in [2.05, 4.69) is 4.79 Å². The van der Waals surface area contributed by atoms with E-state index in [-0.39, 0.29) is 0 Å². The van der Waals surface area contributed by atoms with Crippen molar-refractivity contribution in [2.24, 2.45) is 5.73 Å². The molecule has 70 valence electrons. The molecule has 0 spiro atoms. The van der Waals surface area contributed by atoms with Crippen molar-refractivity contribution >= 4 is 5.71 Å². The number of allylic oxidation sites excluding steroid dienone is 3. The number of rotatable bonds is 3. The van der Waals surface area contributed by atoms with Crippen molar-refractivity contribution in [2.75, 3.05) is 6.61 Å². The van der Waals surface area contributed by atoms with Gasteiger partial charge >= 0.3 is 5.71 Å². The van der Waals surface area contributed by atoms with E-state index >= 15 is 0 Å². The minimum atomic E-state index is 0.526. The zero-order valence-corrected chi connectivity index (χ0v) is 7.66. The van der Waals surface area contributed by atoms with Gasteiger partial charge in [0.25, 0.3) is 0 Å². The summed E-state index contributed by atoms with van der Waals surface area (Å²) in [5.41, 5.74) is 15.4. The highest BCUT2D eigenvalue weighted by Gasteiger charge is 2.19. The Kier molecular flexibility index (Phi) is 3.29. The summed E-state index contributed by atoms with van der Waals surface area (Å²) in [6.07, 6.45) is 4.90. The normalized spacial score (nSPS) is 15.9. The van der Waals surface area contributed by atoms with Gasteiger partial charge in [0.1, 0.15) is 0 Å². The first-order chi connectivity index (χ1) is 6.27. The minimum absolute atomic E-state index is 0.526. The topological polar surface area (TPSA) is 71.7 Å². The van der Waals surface area contributed by atoms with E-state index in [0.717, 1.165) is 6.42 Å². The van der Waals surface area contributed by atoms with Gasteiger partial charge in [-0.3, -0.25) is 0 Å². The molecule has 13 heavy (non-hydrogen) atoms. The maximum atomic E-state index is 8.64. The summed E-state index contributed by atoms with van der Waals surface area (Å²) in [5.74, 6) is 0.573. The molecule has 0 fully saturated rings. The van der Waals surface area contributed by atoms with E-state index in [4.69, 9.17) is 16.0 Å². The Morgan fingerprint density at radius 1 is 1.69 bits per heavy atom. The van der Waals surface area contributed by atoms with Crippen molar-refractivity contribution in [2.45, 2.75) is 19.8 Å². The van der Waals surface area contributed by atoms with Crippen LogP contribution in [0.25, 0.3) is 5.53 Å². The van der Waals surface area contributed by atoms with Gasteiger partial charge in [0, 0.05) is 11.8 Å². The van der Waals surface area contributed by atoms with Crippen LogP contribution in [-0.4, -0.2) is 17.1 Å². The molecule has 0 aromatic heterocycles. The molecular formula is C9H13N3O. The van der Waals surface area contributed by atoms with E-state index in [1.807, 2.05) is 6.92 Å². The third kappa shape index (κ3) is 2.46. The number of ether oxygens (including phenoxy) is 1. The molecule has 0 aliphatic heterocycles. The van der Waals surface area contributed by atoms with Gasteiger partial charge in [0.05, 0.1) is 13.0 Å². The van der Waals surface area contributed by atoms with Crippen molar-refractivity contribution in [3.63, 3.8) is 0 Å². The van der Waals surface area contributed by atoms with Crippen LogP contribution in [-0.2, 0) is 4.74 Å². The Labute approximate surface area is 77.3 Å². The van der Waals surface area contributed by atoms with Crippen LogP contribution in [0.2, 0.25) is 0 Å². The molecule has 0 heterocycles. The van der Waals surface area contributed by atoms with Crippen LogP contribution in [0.4, 0.5) is 0 Å². The maximum Gasteiger partial charge on any atom is 0.337 e. The van der Waals surface area contributed by atoms with E-state index in [1.165, 1.54) is 0 Å². The fourth-order valence-electron chi connectivity index (χ4n) is 1.04. The molecule has 1 rings (SSSR count). The van der Waals surface area contributed by atoms with Crippen molar-refractivity contribution in [3.05, 3.63) is 29.1 Å². The fourth-order valence-corrected chi connectivity index (χ4v) is 1.04. The number of nitrogens with zero attached hydrogens (tertiary/aromatic N) is 2. The Balaban J connectivity index is 2.75. The molecule has 0 aromatic carbocycles. The molecule has 0 saturated carbocycles. The summed E-state index contributed by atoms with van der Waals surface area (Å²) >= 11 is 0. The Hall–Kier alpha value is -1.54. The second-order valence-electron chi connectivity index (χ2n) is 2.81. The van der Waals surface area contributed by atoms with Crippen molar-refractivity contribution in [1.29, 1.82) is 0 Å². The van der Waals surface area contributed by atoms with Gasteiger partial charge in [-0.2, -0.15) is 4.79 Å². The lowest BCUT2D eigenvalue weighted by Crippen LogP contribution is -2.14. The van der Waals surface area contributed by atoms with Crippen LogP contribution in [0.5, 0.6) is 0 Å². The molecular weight excluding hydrogens is 166 g/mol. The summed E-state index contributed by atoms with van der Waals surface area (Å²) in [5, 5.41) is 0. The molecule has 0 unspecified atom stereocenters. The third-order valence-electron chi connectivity index (χ3n) is 1.70. The second-order valence-corrected chi connectivity index (χ2v) is 2.81. The maximum absolute atomic E-state index is 8.64. The number of hydrogen-bond acceptors (Lipinski definition) is 2. The molecule has 0 atom stereocenters. The summed E-state index contributed by atoms with van der Waals surface area (Å²) in [7, 11) is 0. The minimum Gasteiger partial charge on any atom is -0.486 e. The van der Waals surface area contributed by atoms with Gasteiger partial charge < -0.3 is 16.0 Å². The average Bonchev–Trinajstić information content (AvgIpc) is 2.15. The third-order valence-corrected chi connectivity index (χ3v) is 1.70. The van der Waals surface area contributed by atoms with Crippen LogP contribution >= 0.6 is 0 Å². The largest absolute Gasteiger partial charge is 0.486 e. The van der Waals surface area contributed by atoms with E-state index in [1.54, 1.807) is 12.2 Å². The van der Waals surface area contributed by atoms with Crippen LogP contribution in [0.1, 0.15) is 19.8 Å². The standard InChI is InChI=1S/C9H13N3O/c1-2-5-13-9-6-7(10)3-4-8(9)12-11/h3,6H,2,4-5,10H2,1H3. The average molecular weight is 179 g/mol. The van der Waals surface area contributed by atoms with Crippen LogP contribution in [0.3, 0.4) is 0 Å². The van der Waals surface area contributed by atoms with Crippen molar-refractivity contribution in [3.8, 4) is 0 Å². The van der Waals surface area contributed by atoms with Crippen LogP contribution in [0, 0.1) is 0 Å². The van der Waals surface area contributed by atoms with Crippen molar-refractivity contribution in [1.82, 2.24) is 0 Å². The quantitative estimate of drug-likeness (QED) is 0.522. The summed E-state index contributed by atoms with van der Waals surface area (Å²) in [6.45, 7) is 2.62. The van der Waals surface area contributed by atoms with Gasteiger partial charge in [0.15, 0.2) is 0 Å². The highest BCUT2D eigenvalue weighted by atomic mass is 16.5. The van der Waals surface area contributed by atoms with Gasteiger partial charge in [-0.25, -0.2) is 0 Å². The molecule has 0 aromatic rings. The smallest absolute Gasteiger partial charge is 0.337 e. The first kappa shape index (κ1) is 9.55. The van der Waals surface area contributed by atoms with Gasteiger partial charge in [-0.05, 0) is 12.5 Å². The monoisotopic (exact) mass is 179 g/mol. The number of hydrogen-bond donors (Lipinski definition) is 1. The Bertz CT molecular complexity index is 298. The molecule has 1 aliphatic rings. The number of nitrogens with two attached hydrogens (primary N) is 1. The molecule has 0 amide bonds. The second kappa shape index (κ2) is 4.48. The highest BCUT2D eigenvalue weighted by Crippen LogP contribution is 2.12. The summed E-state index contributed by atoms with van der Waals surface area (Å²) < 4.78 is 5.36. The van der Waals surface area contributed by atoms with Gasteiger partial charge in [-0.15, -0.1) is 0 Å². The zero-order valence-electron chi connectivity index (χ0n) is 7.66. The lowest BCUT2D eigenvalue weighted by molar-refractivity contribution is -0.0121. The van der Waals surface area contributed by atoms with Crippen LogP contribution < -0.4 is 5.73 Å². The van der Waals surface area contributed by atoms with E-state index in [9.17, 15) is 0 Å². The SMILES string of the molecule is CCCOC1=CC(N)=CCC1=[N+]=[N-]. The Morgan fingerprint density at radius 2 is 2.46 bits per heavy atom. The molecule has 4 heteroatoms. The summed E-state index contributed by atoms with van der Waals surface area (Å²) in [4.78, 5) is 3.14. The molecule has 1 aliphatic carbocycles. The molecule has 2 N–H and O–H groups in total. The fraction of sp³-hybridized carbons (Fsp3) is 0.444. The lowest BCUT2D eigenvalue weighted by Gasteiger charge is -2.08. The predicted octanol–water partition coefficient (Wildman–Crippen LogP) is 1.21. The zero-order chi connectivity index (χ0) is 9.68.